The number of benzene rings is 2. The first-order valence-electron chi connectivity index (χ1n) is 9.85. The number of likely N-dealkylation sites (N-methyl/N-ethyl adjacent to an activating group) is 1. The molecule has 7 heteroatoms. The van der Waals surface area contributed by atoms with Gasteiger partial charge in [-0.15, -0.1) is 0 Å². The zero-order chi connectivity index (χ0) is 21.4. The van der Waals surface area contributed by atoms with Crippen molar-refractivity contribution in [3.63, 3.8) is 0 Å². The first-order chi connectivity index (χ1) is 14.3. The number of nitrogens with zero attached hydrogens (tertiary/aromatic N) is 2. The summed E-state index contributed by atoms with van der Waals surface area (Å²) in [5.41, 5.74) is 4.04. The topological polar surface area (TPSA) is 62.5 Å². The van der Waals surface area contributed by atoms with Gasteiger partial charge in [0.25, 0.3) is 0 Å². The van der Waals surface area contributed by atoms with E-state index >= 15 is 0 Å². The van der Waals surface area contributed by atoms with Crippen molar-refractivity contribution in [3.8, 4) is 0 Å². The molecule has 0 unspecified atom stereocenters. The SMILES string of the molecule is CN(C(=O)Cc1ccc(I)cc1Br)[C@@H]1CCc2c(CC(=O)O)c3ccccc3n2C1. The highest BCUT2D eigenvalue weighted by molar-refractivity contribution is 14.1. The Kier molecular flexibility index (Phi) is 6.20. The Hall–Kier alpha value is -1.87. The highest BCUT2D eigenvalue weighted by Gasteiger charge is 2.29. The quantitative estimate of drug-likeness (QED) is 0.447. The molecular formula is C23H22BrIN2O3. The Morgan fingerprint density at radius 3 is 2.73 bits per heavy atom. The number of hydrogen-bond acceptors (Lipinski definition) is 2. The van der Waals surface area contributed by atoms with Crippen LogP contribution in [-0.2, 0) is 35.4 Å². The largest absolute Gasteiger partial charge is 0.481 e. The number of para-hydroxylation sites is 1. The van der Waals surface area contributed by atoms with E-state index in [1.54, 1.807) is 0 Å². The van der Waals surface area contributed by atoms with E-state index in [1.165, 1.54) is 0 Å². The minimum atomic E-state index is -0.813. The maximum atomic E-state index is 13.0. The molecule has 2 aromatic carbocycles. The monoisotopic (exact) mass is 580 g/mol. The summed E-state index contributed by atoms with van der Waals surface area (Å²) in [7, 11) is 1.88. The number of carbonyl (C=O) groups excluding carboxylic acids is 1. The van der Waals surface area contributed by atoms with Crippen LogP contribution in [0.15, 0.2) is 46.9 Å². The molecule has 1 aliphatic rings. The number of aromatic nitrogens is 1. The second-order valence-corrected chi connectivity index (χ2v) is 9.83. The van der Waals surface area contributed by atoms with Crippen LogP contribution in [0.25, 0.3) is 10.9 Å². The third kappa shape index (κ3) is 4.14. The molecule has 30 heavy (non-hydrogen) atoms. The molecule has 1 amide bonds. The number of carboxylic acids is 1. The Labute approximate surface area is 197 Å². The molecule has 3 aromatic rings. The second-order valence-electron chi connectivity index (χ2n) is 7.73. The molecule has 2 heterocycles. The standard InChI is InChI=1S/C23H22BrIN2O3/c1-26(22(28)10-14-6-7-15(25)11-19(14)24)16-8-9-21-18(12-23(29)30)17-4-2-3-5-20(17)27(21)13-16/h2-7,11,16H,8-10,12-13H2,1H3,(H,29,30)/t16-/m1/s1. The van der Waals surface area contributed by atoms with Gasteiger partial charge in [-0.2, -0.15) is 0 Å². The maximum Gasteiger partial charge on any atom is 0.307 e. The van der Waals surface area contributed by atoms with Gasteiger partial charge in [-0.25, -0.2) is 0 Å². The average molecular weight is 581 g/mol. The lowest BCUT2D eigenvalue weighted by molar-refractivity contribution is -0.136. The number of halogens is 2. The summed E-state index contributed by atoms with van der Waals surface area (Å²) < 4.78 is 4.30. The van der Waals surface area contributed by atoms with Crippen LogP contribution in [0.3, 0.4) is 0 Å². The molecular weight excluding hydrogens is 559 g/mol. The van der Waals surface area contributed by atoms with Gasteiger partial charge in [0.15, 0.2) is 0 Å². The Morgan fingerprint density at radius 2 is 2.00 bits per heavy atom. The van der Waals surface area contributed by atoms with Crippen molar-refractivity contribution in [2.75, 3.05) is 7.05 Å². The van der Waals surface area contributed by atoms with Crippen molar-refractivity contribution < 1.29 is 14.7 Å². The van der Waals surface area contributed by atoms with Gasteiger partial charge < -0.3 is 14.6 Å². The number of fused-ring (bicyclic) bond motifs is 3. The van der Waals surface area contributed by atoms with Crippen LogP contribution in [0.1, 0.15) is 23.2 Å². The average Bonchev–Trinajstić information content (AvgIpc) is 3.02. The fraction of sp³-hybridized carbons (Fsp3) is 0.304. The Morgan fingerprint density at radius 1 is 1.23 bits per heavy atom. The predicted octanol–water partition coefficient (Wildman–Crippen LogP) is 4.65. The number of hydrogen-bond donors (Lipinski definition) is 1. The molecule has 0 saturated carbocycles. The lowest BCUT2D eigenvalue weighted by Crippen LogP contribution is -2.43. The molecule has 5 nitrogen and oxygen atoms in total. The highest BCUT2D eigenvalue weighted by Crippen LogP contribution is 2.32. The summed E-state index contributed by atoms with van der Waals surface area (Å²) in [5.74, 6) is -0.723. The number of aliphatic carboxylic acids is 1. The van der Waals surface area contributed by atoms with E-state index in [-0.39, 0.29) is 18.4 Å². The molecule has 1 N–H and O–H groups in total. The van der Waals surface area contributed by atoms with Crippen LogP contribution < -0.4 is 0 Å². The number of amides is 1. The third-order valence-corrected chi connectivity index (χ3v) is 7.34. The Balaban J connectivity index is 1.58. The van der Waals surface area contributed by atoms with Gasteiger partial charge in [0.1, 0.15) is 0 Å². The van der Waals surface area contributed by atoms with Crippen LogP contribution >= 0.6 is 38.5 Å². The van der Waals surface area contributed by atoms with Crippen LogP contribution in [0.2, 0.25) is 0 Å². The smallest absolute Gasteiger partial charge is 0.307 e. The normalized spacial score (nSPS) is 15.8. The molecule has 156 valence electrons. The van der Waals surface area contributed by atoms with Crippen molar-refractivity contribution in [3.05, 3.63) is 67.3 Å². The number of carbonyl (C=O) groups is 2. The van der Waals surface area contributed by atoms with Gasteiger partial charge in [-0.05, 0) is 64.8 Å². The van der Waals surface area contributed by atoms with E-state index in [1.807, 2.05) is 54.4 Å². The van der Waals surface area contributed by atoms with Crippen molar-refractivity contribution in [1.29, 1.82) is 0 Å². The molecule has 0 aliphatic carbocycles. The van der Waals surface area contributed by atoms with Crippen LogP contribution in [0, 0.1) is 3.57 Å². The predicted molar refractivity (Wildman–Crippen MR) is 129 cm³/mol. The van der Waals surface area contributed by atoms with E-state index in [2.05, 4.69) is 43.1 Å². The summed E-state index contributed by atoms with van der Waals surface area (Å²) in [5, 5.41) is 10.4. The van der Waals surface area contributed by atoms with E-state index < -0.39 is 5.97 Å². The Bertz CT molecular complexity index is 1140. The maximum absolute atomic E-state index is 13.0. The highest BCUT2D eigenvalue weighted by atomic mass is 127. The van der Waals surface area contributed by atoms with Gasteiger partial charge in [-0.1, -0.05) is 40.2 Å². The minimum absolute atomic E-state index is 0.0309. The molecule has 4 rings (SSSR count). The minimum Gasteiger partial charge on any atom is -0.481 e. The van der Waals surface area contributed by atoms with E-state index in [4.69, 9.17) is 0 Å². The molecule has 1 aliphatic heterocycles. The lowest BCUT2D eigenvalue weighted by Gasteiger charge is -2.33. The zero-order valence-corrected chi connectivity index (χ0v) is 20.3. The lowest BCUT2D eigenvalue weighted by atomic mass is 9.99. The summed E-state index contributed by atoms with van der Waals surface area (Å²) in [6, 6.07) is 14.1. The first kappa shape index (κ1) is 21.4. The third-order valence-electron chi connectivity index (χ3n) is 5.93. The van der Waals surface area contributed by atoms with Gasteiger partial charge >= 0.3 is 5.97 Å². The molecule has 0 spiro atoms. The molecule has 1 aromatic heterocycles. The molecule has 0 saturated heterocycles. The fourth-order valence-electron chi connectivity index (χ4n) is 4.35. The van der Waals surface area contributed by atoms with Crippen molar-refractivity contribution >= 4 is 61.3 Å². The summed E-state index contributed by atoms with van der Waals surface area (Å²) in [6.07, 6.45) is 1.99. The van der Waals surface area contributed by atoms with Gasteiger partial charge in [0.05, 0.1) is 12.8 Å². The van der Waals surface area contributed by atoms with Crippen LogP contribution in [-0.4, -0.2) is 39.5 Å². The van der Waals surface area contributed by atoms with Crippen LogP contribution in [0.4, 0.5) is 0 Å². The summed E-state index contributed by atoms with van der Waals surface area (Å²) in [6.45, 7) is 0.686. The molecule has 0 bridgehead atoms. The van der Waals surface area contributed by atoms with E-state index in [0.29, 0.717) is 13.0 Å². The van der Waals surface area contributed by atoms with Crippen molar-refractivity contribution in [2.45, 2.75) is 38.3 Å². The van der Waals surface area contributed by atoms with Crippen molar-refractivity contribution in [2.24, 2.45) is 0 Å². The first-order valence-corrected chi connectivity index (χ1v) is 11.7. The molecule has 0 radical (unpaired) electrons. The van der Waals surface area contributed by atoms with E-state index in [0.717, 1.165) is 48.6 Å². The van der Waals surface area contributed by atoms with Gasteiger partial charge in [0.2, 0.25) is 5.91 Å². The fourth-order valence-corrected chi connectivity index (χ4v) is 5.79. The van der Waals surface area contributed by atoms with E-state index in [9.17, 15) is 14.7 Å². The zero-order valence-electron chi connectivity index (χ0n) is 16.6. The number of rotatable bonds is 5. The van der Waals surface area contributed by atoms with Crippen LogP contribution in [0.5, 0.6) is 0 Å². The second kappa shape index (κ2) is 8.70. The van der Waals surface area contributed by atoms with Gasteiger partial charge in [0, 0.05) is 44.3 Å². The summed E-state index contributed by atoms with van der Waals surface area (Å²) in [4.78, 5) is 26.3. The molecule has 0 fully saturated rings. The molecule has 1 atom stereocenters. The van der Waals surface area contributed by atoms with Crippen molar-refractivity contribution in [1.82, 2.24) is 9.47 Å². The van der Waals surface area contributed by atoms with Gasteiger partial charge in [-0.3, -0.25) is 9.59 Å². The summed E-state index contributed by atoms with van der Waals surface area (Å²) >= 11 is 5.82. The number of carboxylic acid groups (broad SMARTS) is 1.